The molecule has 112 valence electrons. The van der Waals surface area contributed by atoms with E-state index in [0.29, 0.717) is 6.10 Å². The van der Waals surface area contributed by atoms with E-state index < -0.39 is 0 Å². The number of rotatable bonds is 7. The Balaban J connectivity index is 1.92. The summed E-state index contributed by atoms with van der Waals surface area (Å²) in [6, 6.07) is 4.08. The van der Waals surface area contributed by atoms with Crippen LogP contribution in [-0.4, -0.2) is 17.6 Å². The molecule has 3 heteroatoms. The molecule has 1 saturated carbocycles. The van der Waals surface area contributed by atoms with E-state index in [0.717, 1.165) is 36.9 Å². The van der Waals surface area contributed by atoms with E-state index >= 15 is 0 Å². The minimum atomic E-state index is 0.396. The Bertz CT molecular complexity index is 394. The fraction of sp³-hybridized carbons (Fsp3) is 0.706. The van der Waals surface area contributed by atoms with E-state index in [2.05, 4.69) is 30.2 Å². The van der Waals surface area contributed by atoms with E-state index in [1.807, 2.05) is 12.3 Å². The molecule has 0 bridgehead atoms. The zero-order valence-corrected chi connectivity index (χ0v) is 12.9. The van der Waals surface area contributed by atoms with Gasteiger partial charge in [0.1, 0.15) is 11.9 Å². The van der Waals surface area contributed by atoms with Crippen molar-refractivity contribution in [3.05, 3.63) is 24.0 Å². The van der Waals surface area contributed by atoms with E-state index in [9.17, 15) is 0 Å². The Morgan fingerprint density at radius 2 is 2.15 bits per heavy atom. The molecule has 1 aliphatic carbocycles. The summed E-state index contributed by atoms with van der Waals surface area (Å²) in [4.78, 5) is 4.40. The Morgan fingerprint density at radius 3 is 2.95 bits per heavy atom. The molecule has 1 N–H and O–H groups in total. The van der Waals surface area contributed by atoms with Gasteiger partial charge in [-0.1, -0.05) is 20.3 Å². The summed E-state index contributed by atoms with van der Waals surface area (Å²) in [5.41, 5.74) is 1.07. The van der Waals surface area contributed by atoms with Gasteiger partial charge in [0.25, 0.3) is 0 Å². The monoisotopic (exact) mass is 276 g/mol. The molecule has 1 heterocycles. The highest BCUT2D eigenvalue weighted by Gasteiger charge is 2.25. The zero-order chi connectivity index (χ0) is 14.2. The first kappa shape index (κ1) is 15.3. The van der Waals surface area contributed by atoms with Gasteiger partial charge in [0.05, 0.1) is 5.69 Å². The molecule has 1 aromatic rings. The lowest BCUT2D eigenvalue weighted by atomic mass is 9.85. The Morgan fingerprint density at radius 1 is 1.30 bits per heavy atom. The van der Waals surface area contributed by atoms with E-state index in [1.165, 1.54) is 32.1 Å². The van der Waals surface area contributed by atoms with Gasteiger partial charge in [-0.3, -0.25) is 4.98 Å². The summed E-state index contributed by atoms with van der Waals surface area (Å²) in [6.07, 6.45) is 9.81. The fourth-order valence-corrected chi connectivity index (χ4v) is 2.99. The molecule has 3 nitrogen and oxygen atoms in total. The fourth-order valence-electron chi connectivity index (χ4n) is 2.99. The van der Waals surface area contributed by atoms with Crippen LogP contribution in [0.4, 0.5) is 0 Å². The molecule has 0 aromatic carbocycles. The average Bonchev–Trinajstić information content (AvgIpc) is 2.48. The number of nitrogens with one attached hydrogen (secondary N) is 1. The van der Waals surface area contributed by atoms with Gasteiger partial charge in [0, 0.05) is 18.8 Å². The van der Waals surface area contributed by atoms with Gasteiger partial charge >= 0.3 is 0 Å². The Kier molecular flexibility index (Phi) is 6.31. The molecule has 2 atom stereocenters. The predicted octanol–water partition coefficient (Wildman–Crippen LogP) is 3.93. The number of pyridine rings is 1. The van der Waals surface area contributed by atoms with Gasteiger partial charge in [0.15, 0.2) is 0 Å². The van der Waals surface area contributed by atoms with Crippen LogP contribution in [0.25, 0.3) is 0 Å². The maximum absolute atomic E-state index is 6.24. The van der Waals surface area contributed by atoms with Gasteiger partial charge < -0.3 is 10.1 Å². The van der Waals surface area contributed by atoms with Gasteiger partial charge in [-0.25, -0.2) is 0 Å². The number of ether oxygens (including phenoxy) is 1. The van der Waals surface area contributed by atoms with Crippen molar-refractivity contribution in [2.24, 2.45) is 5.92 Å². The van der Waals surface area contributed by atoms with Crippen molar-refractivity contribution in [3.63, 3.8) is 0 Å². The van der Waals surface area contributed by atoms with Crippen molar-refractivity contribution < 1.29 is 4.74 Å². The second kappa shape index (κ2) is 8.25. The second-order valence-corrected chi connectivity index (χ2v) is 5.77. The highest BCUT2D eigenvalue weighted by atomic mass is 16.5. The standard InChI is InChI=1S/C17H28N2O/c1-3-10-18-13-15-12-16(9-11-19-15)20-17-8-6-5-7-14(17)4-2/h9,11-12,14,17-18H,3-8,10,13H2,1-2H3. The third-order valence-electron chi connectivity index (χ3n) is 4.17. The van der Waals surface area contributed by atoms with Crippen LogP contribution in [0.1, 0.15) is 58.1 Å². The highest BCUT2D eigenvalue weighted by molar-refractivity contribution is 5.23. The molecule has 20 heavy (non-hydrogen) atoms. The van der Waals surface area contributed by atoms with Gasteiger partial charge in [-0.05, 0) is 50.6 Å². The number of nitrogens with zero attached hydrogens (tertiary/aromatic N) is 1. The molecule has 1 aliphatic rings. The van der Waals surface area contributed by atoms with Crippen LogP contribution in [0, 0.1) is 5.92 Å². The van der Waals surface area contributed by atoms with Crippen molar-refractivity contribution in [3.8, 4) is 5.75 Å². The summed E-state index contributed by atoms with van der Waals surface area (Å²) in [5.74, 6) is 1.71. The van der Waals surface area contributed by atoms with E-state index in [4.69, 9.17) is 4.74 Å². The lowest BCUT2D eigenvalue weighted by molar-refractivity contribution is 0.0902. The van der Waals surface area contributed by atoms with Gasteiger partial charge in [0.2, 0.25) is 0 Å². The maximum Gasteiger partial charge on any atom is 0.123 e. The van der Waals surface area contributed by atoms with Crippen LogP contribution < -0.4 is 10.1 Å². The third-order valence-corrected chi connectivity index (χ3v) is 4.17. The van der Waals surface area contributed by atoms with Crippen LogP contribution in [0.5, 0.6) is 5.75 Å². The van der Waals surface area contributed by atoms with Crippen molar-refractivity contribution in [1.82, 2.24) is 10.3 Å². The largest absolute Gasteiger partial charge is 0.490 e. The highest BCUT2D eigenvalue weighted by Crippen LogP contribution is 2.30. The first-order chi connectivity index (χ1) is 9.83. The minimum Gasteiger partial charge on any atom is -0.490 e. The van der Waals surface area contributed by atoms with Crippen LogP contribution in [0.2, 0.25) is 0 Å². The molecule has 0 radical (unpaired) electrons. The molecule has 1 aromatic heterocycles. The summed E-state index contributed by atoms with van der Waals surface area (Å²) in [5, 5.41) is 3.38. The van der Waals surface area contributed by atoms with Crippen LogP contribution in [-0.2, 0) is 6.54 Å². The van der Waals surface area contributed by atoms with Crippen molar-refractivity contribution in [2.45, 2.75) is 65.0 Å². The third kappa shape index (κ3) is 4.48. The van der Waals surface area contributed by atoms with Gasteiger partial charge in [-0.15, -0.1) is 0 Å². The summed E-state index contributed by atoms with van der Waals surface area (Å²) in [6.45, 7) is 6.31. The molecular formula is C17H28N2O. The van der Waals surface area contributed by atoms with E-state index in [1.54, 1.807) is 0 Å². The average molecular weight is 276 g/mol. The van der Waals surface area contributed by atoms with Crippen molar-refractivity contribution in [2.75, 3.05) is 6.54 Å². The lowest BCUT2D eigenvalue weighted by Gasteiger charge is -2.31. The summed E-state index contributed by atoms with van der Waals surface area (Å²) in [7, 11) is 0. The topological polar surface area (TPSA) is 34.1 Å². The number of hydrogen-bond acceptors (Lipinski definition) is 3. The number of hydrogen-bond donors (Lipinski definition) is 1. The van der Waals surface area contributed by atoms with E-state index in [-0.39, 0.29) is 0 Å². The summed E-state index contributed by atoms with van der Waals surface area (Å²) >= 11 is 0. The Labute approximate surface area is 123 Å². The van der Waals surface area contributed by atoms with Crippen LogP contribution in [0.3, 0.4) is 0 Å². The Hall–Kier alpha value is -1.09. The smallest absolute Gasteiger partial charge is 0.123 e. The zero-order valence-electron chi connectivity index (χ0n) is 12.9. The van der Waals surface area contributed by atoms with Crippen LogP contribution in [0.15, 0.2) is 18.3 Å². The van der Waals surface area contributed by atoms with Crippen LogP contribution >= 0.6 is 0 Å². The SMILES string of the molecule is CCCNCc1cc(OC2CCCCC2CC)ccn1. The summed E-state index contributed by atoms with van der Waals surface area (Å²) < 4.78 is 6.24. The first-order valence-corrected chi connectivity index (χ1v) is 8.15. The lowest BCUT2D eigenvalue weighted by Crippen LogP contribution is -2.30. The molecule has 0 aliphatic heterocycles. The molecule has 0 saturated heterocycles. The van der Waals surface area contributed by atoms with Crippen molar-refractivity contribution in [1.29, 1.82) is 0 Å². The normalized spacial score (nSPS) is 22.7. The quantitative estimate of drug-likeness (QED) is 0.766. The molecule has 2 unspecified atom stereocenters. The molecular weight excluding hydrogens is 248 g/mol. The molecule has 2 rings (SSSR count). The van der Waals surface area contributed by atoms with Crippen molar-refractivity contribution >= 4 is 0 Å². The maximum atomic E-state index is 6.24. The first-order valence-electron chi connectivity index (χ1n) is 8.15. The molecule has 1 fully saturated rings. The second-order valence-electron chi connectivity index (χ2n) is 5.77. The minimum absolute atomic E-state index is 0.396. The van der Waals surface area contributed by atoms with Gasteiger partial charge in [-0.2, -0.15) is 0 Å². The molecule has 0 amide bonds. The number of aromatic nitrogens is 1. The molecule has 0 spiro atoms. The predicted molar refractivity (Wildman–Crippen MR) is 82.9 cm³/mol.